The Balaban J connectivity index is 2.14. The predicted octanol–water partition coefficient (Wildman–Crippen LogP) is 2.43. The minimum absolute atomic E-state index is 0.660. The number of hydrogen-bond donors (Lipinski definition) is 0. The molecule has 0 saturated carbocycles. The average molecular weight is 282 g/mol. The van der Waals surface area contributed by atoms with E-state index in [1.54, 1.807) is 20.4 Å². The van der Waals surface area contributed by atoms with Gasteiger partial charge >= 0.3 is 0 Å². The Morgan fingerprint density at radius 2 is 2.26 bits per heavy atom. The fourth-order valence-electron chi connectivity index (χ4n) is 2.64. The topological polar surface area (TPSA) is 34.6 Å². The van der Waals surface area contributed by atoms with E-state index in [4.69, 9.17) is 9.47 Å². The largest absolute Gasteiger partial charge is 0.493 e. The van der Waals surface area contributed by atoms with Crippen molar-refractivity contribution in [1.29, 1.82) is 0 Å². The first kappa shape index (κ1) is 14.5. The standard InChI is InChI=1S/C14H22N2O2S/c1-17-13-6-7-15-12(14(13)18-2)9-16-8-4-5-11(16)10-19-3/h6-7,11H,4-5,8-10H2,1-3H3/t11-/m0/s1. The van der Waals surface area contributed by atoms with Gasteiger partial charge in [-0.15, -0.1) is 0 Å². The Kier molecular flexibility index (Phi) is 5.34. The molecule has 1 aromatic rings. The number of nitrogens with zero attached hydrogens (tertiary/aromatic N) is 2. The highest BCUT2D eigenvalue weighted by Gasteiger charge is 2.25. The number of likely N-dealkylation sites (tertiary alicyclic amines) is 1. The number of hydrogen-bond acceptors (Lipinski definition) is 5. The van der Waals surface area contributed by atoms with Crippen LogP contribution in [0.1, 0.15) is 18.5 Å². The molecule has 4 nitrogen and oxygen atoms in total. The molecular formula is C14H22N2O2S. The lowest BCUT2D eigenvalue weighted by molar-refractivity contribution is 0.253. The molecule has 5 heteroatoms. The minimum atomic E-state index is 0.660. The van der Waals surface area contributed by atoms with Gasteiger partial charge in [-0.1, -0.05) is 0 Å². The van der Waals surface area contributed by atoms with Crippen LogP contribution in [0.15, 0.2) is 12.3 Å². The van der Waals surface area contributed by atoms with Crippen molar-refractivity contribution < 1.29 is 9.47 Å². The molecule has 0 spiro atoms. The molecule has 1 saturated heterocycles. The van der Waals surface area contributed by atoms with Gasteiger partial charge in [-0.05, 0) is 25.6 Å². The van der Waals surface area contributed by atoms with E-state index in [9.17, 15) is 0 Å². The first-order chi connectivity index (χ1) is 9.30. The van der Waals surface area contributed by atoms with Gasteiger partial charge in [0.2, 0.25) is 0 Å². The molecule has 1 aliphatic heterocycles. The first-order valence-electron chi connectivity index (χ1n) is 6.59. The van der Waals surface area contributed by atoms with Crippen molar-refractivity contribution in [2.75, 3.05) is 32.8 Å². The van der Waals surface area contributed by atoms with Crippen LogP contribution in [0.25, 0.3) is 0 Å². The monoisotopic (exact) mass is 282 g/mol. The van der Waals surface area contributed by atoms with Crippen LogP contribution in [0, 0.1) is 0 Å². The zero-order chi connectivity index (χ0) is 13.7. The Hall–Kier alpha value is -0.940. The quantitative estimate of drug-likeness (QED) is 0.800. The van der Waals surface area contributed by atoms with Crippen LogP contribution in [-0.2, 0) is 6.54 Å². The Morgan fingerprint density at radius 1 is 1.42 bits per heavy atom. The smallest absolute Gasteiger partial charge is 0.183 e. The van der Waals surface area contributed by atoms with Crippen molar-refractivity contribution in [2.24, 2.45) is 0 Å². The molecule has 1 atom stereocenters. The second-order valence-corrected chi connectivity index (χ2v) is 5.63. The minimum Gasteiger partial charge on any atom is -0.493 e. The molecule has 1 aromatic heterocycles. The van der Waals surface area contributed by atoms with Gasteiger partial charge in [0.05, 0.1) is 14.2 Å². The van der Waals surface area contributed by atoms with Gasteiger partial charge in [0.15, 0.2) is 11.5 Å². The van der Waals surface area contributed by atoms with E-state index in [0.29, 0.717) is 6.04 Å². The van der Waals surface area contributed by atoms with Gasteiger partial charge in [0, 0.05) is 30.6 Å². The van der Waals surface area contributed by atoms with E-state index in [-0.39, 0.29) is 0 Å². The van der Waals surface area contributed by atoms with Gasteiger partial charge in [0.1, 0.15) is 5.69 Å². The maximum Gasteiger partial charge on any atom is 0.183 e. The third-order valence-corrected chi connectivity index (χ3v) is 4.30. The summed E-state index contributed by atoms with van der Waals surface area (Å²) in [6.45, 7) is 1.98. The molecular weight excluding hydrogens is 260 g/mol. The number of thioether (sulfide) groups is 1. The summed E-state index contributed by atoms with van der Waals surface area (Å²) in [7, 11) is 3.33. The molecule has 2 heterocycles. The molecule has 0 N–H and O–H groups in total. The van der Waals surface area contributed by atoms with Crippen LogP contribution in [0.2, 0.25) is 0 Å². The fourth-order valence-corrected chi connectivity index (χ4v) is 3.40. The van der Waals surface area contributed by atoms with Crippen molar-refractivity contribution >= 4 is 11.8 Å². The molecule has 0 unspecified atom stereocenters. The number of ether oxygens (including phenoxy) is 2. The number of methoxy groups -OCH3 is 2. The van der Waals surface area contributed by atoms with E-state index in [1.807, 2.05) is 17.8 Å². The summed E-state index contributed by atoms with van der Waals surface area (Å²) in [5, 5.41) is 0. The second kappa shape index (κ2) is 7.01. The van der Waals surface area contributed by atoms with Crippen LogP contribution in [0.3, 0.4) is 0 Å². The predicted molar refractivity (Wildman–Crippen MR) is 79.2 cm³/mol. The second-order valence-electron chi connectivity index (χ2n) is 4.72. The first-order valence-corrected chi connectivity index (χ1v) is 7.98. The Bertz CT molecular complexity index is 414. The van der Waals surface area contributed by atoms with E-state index < -0.39 is 0 Å². The highest BCUT2D eigenvalue weighted by Crippen LogP contribution is 2.31. The van der Waals surface area contributed by atoms with Crippen LogP contribution in [0.4, 0.5) is 0 Å². The number of pyridine rings is 1. The van der Waals surface area contributed by atoms with Crippen molar-refractivity contribution in [3.63, 3.8) is 0 Å². The Morgan fingerprint density at radius 3 is 2.95 bits per heavy atom. The van der Waals surface area contributed by atoms with Crippen LogP contribution < -0.4 is 9.47 Å². The van der Waals surface area contributed by atoms with Gasteiger partial charge in [-0.2, -0.15) is 11.8 Å². The van der Waals surface area contributed by atoms with Crippen molar-refractivity contribution in [3.05, 3.63) is 18.0 Å². The van der Waals surface area contributed by atoms with Gasteiger partial charge in [-0.25, -0.2) is 0 Å². The summed E-state index contributed by atoms with van der Waals surface area (Å²) >= 11 is 1.91. The third-order valence-electron chi connectivity index (χ3n) is 3.58. The number of aromatic nitrogens is 1. The summed E-state index contributed by atoms with van der Waals surface area (Å²) in [4.78, 5) is 6.96. The summed E-state index contributed by atoms with van der Waals surface area (Å²) in [5.41, 5.74) is 0.967. The van der Waals surface area contributed by atoms with Gasteiger partial charge < -0.3 is 9.47 Å². The molecule has 106 valence electrons. The summed E-state index contributed by atoms with van der Waals surface area (Å²) < 4.78 is 10.8. The third kappa shape index (κ3) is 3.34. The zero-order valence-corrected chi connectivity index (χ0v) is 12.7. The van der Waals surface area contributed by atoms with Crippen molar-refractivity contribution in [1.82, 2.24) is 9.88 Å². The van der Waals surface area contributed by atoms with E-state index in [0.717, 1.165) is 30.3 Å². The van der Waals surface area contributed by atoms with Crippen molar-refractivity contribution in [3.8, 4) is 11.5 Å². The maximum absolute atomic E-state index is 5.45. The molecule has 0 aromatic carbocycles. The molecule has 1 fully saturated rings. The maximum atomic E-state index is 5.45. The Labute approximate surface area is 119 Å². The lowest BCUT2D eigenvalue weighted by Crippen LogP contribution is -2.31. The van der Waals surface area contributed by atoms with Crippen LogP contribution in [-0.4, -0.2) is 48.7 Å². The normalized spacial score (nSPS) is 19.6. The fraction of sp³-hybridized carbons (Fsp3) is 0.643. The average Bonchev–Trinajstić information content (AvgIpc) is 2.86. The summed E-state index contributed by atoms with van der Waals surface area (Å²) in [5.74, 6) is 2.71. The zero-order valence-electron chi connectivity index (χ0n) is 11.9. The van der Waals surface area contributed by atoms with E-state index in [2.05, 4.69) is 16.1 Å². The summed E-state index contributed by atoms with van der Waals surface area (Å²) in [6.07, 6.45) is 6.52. The molecule has 0 amide bonds. The molecule has 0 aliphatic carbocycles. The molecule has 2 rings (SSSR count). The lowest BCUT2D eigenvalue weighted by Gasteiger charge is -2.24. The van der Waals surface area contributed by atoms with Crippen LogP contribution in [0.5, 0.6) is 11.5 Å². The molecule has 0 radical (unpaired) electrons. The SMILES string of the molecule is COc1ccnc(CN2CCC[C@H]2CSC)c1OC. The molecule has 1 aliphatic rings. The highest BCUT2D eigenvalue weighted by molar-refractivity contribution is 7.98. The van der Waals surface area contributed by atoms with E-state index in [1.165, 1.54) is 18.6 Å². The summed E-state index contributed by atoms with van der Waals surface area (Å²) in [6, 6.07) is 2.50. The highest BCUT2D eigenvalue weighted by atomic mass is 32.2. The van der Waals surface area contributed by atoms with Crippen LogP contribution >= 0.6 is 11.8 Å². The van der Waals surface area contributed by atoms with E-state index >= 15 is 0 Å². The molecule has 19 heavy (non-hydrogen) atoms. The van der Waals surface area contributed by atoms with Crippen molar-refractivity contribution in [2.45, 2.75) is 25.4 Å². The van der Waals surface area contributed by atoms with Gasteiger partial charge in [0.25, 0.3) is 0 Å². The lowest BCUT2D eigenvalue weighted by atomic mass is 10.2. The number of rotatable bonds is 6. The van der Waals surface area contributed by atoms with Gasteiger partial charge in [-0.3, -0.25) is 9.88 Å². The molecule has 0 bridgehead atoms.